The summed E-state index contributed by atoms with van der Waals surface area (Å²) in [6, 6.07) is 2.08. The van der Waals surface area contributed by atoms with E-state index in [1.54, 1.807) is 6.33 Å². The van der Waals surface area contributed by atoms with Gasteiger partial charge in [-0.1, -0.05) is 27.7 Å². The average molecular weight is 250 g/mol. The van der Waals surface area contributed by atoms with Crippen LogP contribution < -0.4 is 10.6 Å². The number of hydrogen-bond donors (Lipinski definition) is 1. The first-order valence-corrected chi connectivity index (χ1v) is 6.66. The van der Waals surface area contributed by atoms with Gasteiger partial charge < -0.3 is 10.6 Å². The number of rotatable bonds is 6. The maximum Gasteiger partial charge on any atom is 0.132 e. The van der Waals surface area contributed by atoms with E-state index in [2.05, 4.69) is 55.6 Å². The second kappa shape index (κ2) is 6.14. The molecule has 0 bridgehead atoms. The monoisotopic (exact) mass is 250 g/mol. The first-order chi connectivity index (χ1) is 8.39. The van der Waals surface area contributed by atoms with Crippen LogP contribution in [0.25, 0.3) is 0 Å². The normalized spacial score (nSPS) is 11.9. The fraction of sp³-hybridized carbons (Fsp3) is 0.714. The van der Waals surface area contributed by atoms with Crippen LogP contribution in [0, 0.1) is 5.41 Å². The summed E-state index contributed by atoms with van der Waals surface area (Å²) in [5.41, 5.74) is 6.99. The summed E-state index contributed by atoms with van der Waals surface area (Å²) in [5, 5.41) is 0. The second-order valence-electron chi connectivity index (χ2n) is 5.84. The highest BCUT2D eigenvalue weighted by atomic mass is 15.2. The van der Waals surface area contributed by atoms with Gasteiger partial charge in [0.05, 0.1) is 0 Å². The SMILES string of the molecule is CCN(CC(C)(C)CN)c1cc(C(C)C)ncn1. The molecule has 1 rings (SSSR count). The van der Waals surface area contributed by atoms with Crippen LogP contribution in [0.15, 0.2) is 12.4 Å². The number of hydrogen-bond acceptors (Lipinski definition) is 4. The summed E-state index contributed by atoms with van der Waals surface area (Å²) in [6.45, 7) is 13.3. The van der Waals surface area contributed by atoms with Crippen molar-refractivity contribution < 1.29 is 0 Å². The predicted octanol–water partition coefficient (Wildman–Crippen LogP) is 2.41. The summed E-state index contributed by atoms with van der Waals surface area (Å²) in [4.78, 5) is 11.0. The number of aromatic nitrogens is 2. The van der Waals surface area contributed by atoms with E-state index in [4.69, 9.17) is 5.73 Å². The Kier molecular flexibility index (Phi) is 5.08. The van der Waals surface area contributed by atoms with Gasteiger partial charge in [0, 0.05) is 24.8 Å². The van der Waals surface area contributed by atoms with Crippen LogP contribution in [0.2, 0.25) is 0 Å². The van der Waals surface area contributed by atoms with Crippen molar-refractivity contribution >= 4 is 5.82 Å². The zero-order chi connectivity index (χ0) is 13.8. The highest BCUT2D eigenvalue weighted by Crippen LogP contribution is 2.21. The minimum atomic E-state index is 0.0962. The molecule has 1 aromatic rings. The van der Waals surface area contributed by atoms with Gasteiger partial charge in [-0.25, -0.2) is 9.97 Å². The lowest BCUT2D eigenvalue weighted by Crippen LogP contribution is -2.39. The third-order valence-electron chi connectivity index (χ3n) is 3.14. The molecule has 0 aliphatic rings. The highest BCUT2D eigenvalue weighted by Gasteiger charge is 2.20. The van der Waals surface area contributed by atoms with Gasteiger partial charge in [-0.05, 0) is 24.8 Å². The maximum atomic E-state index is 5.81. The van der Waals surface area contributed by atoms with Crippen molar-refractivity contribution in [3.8, 4) is 0 Å². The zero-order valence-corrected chi connectivity index (χ0v) is 12.3. The standard InChI is InChI=1S/C14H26N4/c1-6-18(9-14(4,5)8-15)13-7-12(11(2)3)16-10-17-13/h7,10-11H,6,8-9,15H2,1-5H3. The van der Waals surface area contributed by atoms with Gasteiger partial charge in [0.25, 0.3) is 0 Å². The van der Waals surface area contributed by atoms with Crippen molar-refractivity contribution in [1.82, 2.24) is 9.97 Å². The van der Waals surface area contributed by atoms with Gasteiger partial charge >= 0.3 is 0 Å². The molecule has 4 nitrogen and oxygen atoms in total. The van der Waals surface area contributed by atoms with Crippen molar-refractivity contribution in [1.29, 1.82) is 0 Å². The Morgan fingerprint density at radius 1 is 1.33 bits per heavy atom. The molecule has 0 radical (unpaired) electrons. The quantitative estimate of drug-likeness (QED) is 0.842. The minimum absolute atomic E-state index is 0.0962. The lowest BCUT2D eigenvalue weighted by atomic mass is 9.93. The van der Waals surface area contributed by atoms with Crippen LogP contribution in [-0.4, -0.2) is 29.6 Å². The van der Waals surface area contributed by atoms with Gasteiger partial charge in [0.1, 0.15) is 12.1 Å². The molecule has 0 amide bonds. The topological polar surface area (TPSA) is 55.0 Å². The average Bonchev–Trinajstić information content (AvgIpc) is 2.36. The zero-order valence-electron chi connectivity index (χ0n) is 12.3. The molecule has 1 heterocycles. The predicted molar refractivity (Wildman–Crippen MR) is 76.8 cm³/mol. The molecule has 0 atom stereocenters. The van der Waals surface area contributed by atoms with Crippen molar-refractivity contribution in [2.75, 3.05) is 24.5 Å². The van der Waals surface area contributed by atoms with E-state index in [1.165, 1.54) is 0 Å². The molecular weight excluding hydrogens is 224 g/mol. The van der Waals surface area contributed by atoms with Crippen molar-refractivity contribution in [3.63, 3.8) is 0 Å². The minimum Gasteiger partial charge on any atom is -0.356 e. The van der Waals surface area contributed by atoms with Crippen LogP contribution in [0.3, 0.4) is 0 Å². The van der Waals surface area contributed by atoms with E-state index in [0.717, 1.165) is 24.6 Å². The molecule has 0 fully saturated rings. The number of anilines is 1. The summed E-state index contributed by atoms with van der Waals surface area (Å²) in [7, 11) is 0. The molecule has 0 saturated heterocycles. The molecule has 0 unspecified atom stereocenters. The summed E-state index contributed by atoms with van der Waals surface area (Å²) in [6.07, 6.45) is 1.66. The van der Waals surface area contributed by atoms with Crippen LogP contribution in [0.1, 0.15) is 46.2 Å². The van der Waals surface area contributed by atoms with Crippen molar-refractivity contribution in [3.05, 3.63) is 18.1 Å². The smallest absolute Gasteiger partial charge is 0.132 e. The highest BCUT2D eigenvalue weighted by molar-refractivity contribution is 5.39. The first kappa shape index (κ1) is 14.9. The Morgan fingerprint density at radius 2 is 2.00 bits per heavy atom. The fourth-order valence-electron chi connectivity index (χ4n) is 1.79. The van der Waals surface area contributed by atoms with Crippen LogP contribution in [0.5, 0.6) is 0 Å². The van der Waals surface area contributed by atoms with E-state index in [-0.39, 0.29) is 5.41 Å². The largest absolute Gasteiger partial charge is 0.356 e. The Hall–Kier alpha value is -1.16. The van der Waals surface area contributed by atoms with Crippen molar-refractivity contribution in [2.45, 2.75) is 40.5 Å². The molecule has 0 aliphatic carbocycles. The molecule has 1 aromatic heterocycles. The van der Waals surface area contributed by atoms with Crippen LogP contribution >= 0.6 is 0 Å². The van der Waals surface area contributed by atoms with E-state index < -0.39 is 0 Å². The molecule has 2 N–H and O–H groups in total. The van der Waals surface area contributed by atoms with E-state index in [1.807, 2.05) is 0 Å². The first-order valence-electron chi connectivity index (χ1n) is 6.66. The van der Waals surface area contributed by atoms with E-state index >= 15 is 0 Å². The van der Waals surface area contributed by atoms with Gasteiger partial charge in [-0.3, -0.25) is 0 Å². The molecule has 0 spiro atoms. The van der Waals surface area contributed by atoms with E-state index in [9.17, 15) is 0 Å². The third-order valence-corrected chi connectivity index (χ3v) is 3.14. The summed E-state index contributed by atoms with van der Waals surface area (Å²) < 4.78 is 0. The number of nitrogens with zero attached hydrogens (tertiary/aromatic N) is 3. The molecule has 0 aliphatic heterocycles. The number of nitrogens with two attached hydrogens (primary N) is 1. The molecule has 18 heavy (non-hydrogen) atoms. The molecule has 0 aromatic carbocycles. The van der Waals surface area contributed by atoms with Crippen molar-refractivity contribution in [2.24, 2.45) is 11.1 Å². The lowest BCUT2D eigenvalue weighted by molar-refractivity contribution is 0.378. The Balaban J connectivity index is 2.91. The lowest BCUT2D eigenvalue weighted by Gasteiger charge is -2.32. The summed E-state index contributed by atoms with van der Waals surface area (Å²) >= 11 is 0. The molecule has 0 saturated carbocycles. The molecule has 102 valence electrons. The third kappa shape index (κ3) is 3.95. The van der Waals surface area contributed by atoms with Crippen LogP contribution in [-0.2, 0) is 0 Å². The van der Waals surface area contributed by atoms with Crippen LogP contribution in [0.4, 0.5) is 5.82 Å². The maximum absolute atomic E-state index is 5.81. The second-order valence-corrected chi connectivity index (χ2v) is 5.84. The molecular formula is C14H26N4. The van der Waals surface area contributed by atoms with Gasteiger partial charge in [0.15, 0.2) is 0 Å². The Labute approximate surface area is 111 Å². The van der Waals surface area contributed by atoms with Gasteiger partial charge in [-0.15, -0.1) is 0 Å². The van der Waals surface area contributed by atoms with Gasteiger partial charge in [-0.2, -0.15) is 0 Å². The van der Waals surface area contributed by atoms with E-state index in [0.29, 0.717) is 12.5 Å². The Bertz CT molecular complexity index is 374. The fourth-order valence-corrected chi connectivity index (χ4v) is 1.79. The molecule has 4 heteroatoms. The summed E-state index contributed by atoms with van der Waals surface area (Å²) in [5.74, 6) is 1.42. The van der Waals surface area contributed by atoms with Gasteiger partial charge in [0.2, 0.25) is 0 Å². The Morgan fingerprint density at radius 3 is 2.50 bits per heavy atom.